The molecular formula is C25H37N3O3. The Kier molecular flexibility index (Phi) is 7.62. The van der Waals surface area contributed by atoms with Crippen LogP contribution in [0.3, 0.4) is 0 Å². The molecule has 0 aromatic heterocycles. The van der Waals surface area contributed by atoms with E-state index in [-0.39, 0.29) is 23.3 Å². The highest BCUT2D eigenvalue weighted by Gasteiger charge is 2.38. The van der Waals surface area contributed by atoms with Crippen molar-refractivity contribution in [3.05, 3.63) is 29.8 Å². The lowest BCUT2D eigenvalue weighted by Gasteiger charge is -2.48. The second-order valence-electron chi connectivity index (χ2n) is 9.47. The summed E-state index contributed by atoms with van der Waals surface area (Å²) in [4.78, 5) is 28.1. The predicted octanol–water partition coefficient (Wildman–Crippen LogP) is 3.97. The van der Waals surface area contributed by atoms with Gasteiger partial charge in [0, 0.05) is 42.3 Å². The molecule has 2 amide bonds. The fourth-order valence-electron chi connectivity index (χ4n) is 5.55. The second kappa shape index (κ2) is 10.6. The van der Waals surface area contributed by atoms with Gasteiger partial charge < -0.3 is 15.4 Å². The van der Waals surface area contributed by atoms with Gasteiger partial charge in [-0.3, -0.25) is 14.5 Å². The maximum Gasteiger partial charge on any atom is 0.251 e. The van der Waals surface area contributed by atoms with E-state index in [1.165, 1.54) is 25.7 Å². The molecule has 1 heterocycles. The molecule has 2 aliphatic carbocycles. The van der Waals surface area contributed by atoms with Crippen LogP contribution in [0.2, 0.25) is 0 Å². The van der Waals surface area contributed by atoms with Crippen molar-refractivity contribution in [2.24, 2.45) is 5.92 Å². The van der Waals surface area contributed by atoms with Crippen LogP contribution >= 0.6 is 0 Å². The van der Waals surface area contributed by atoms with E-state index in [1.54, 1.807) is 6.07 Å². The number of benzene rings is 1. The van der Waals surface area contributed by atoms with E-state index in [0.717, 1.165) is 64.8 Å². The molecule has 1 aliphatic heterocycles. The second-order valence-corrected chi connectivity index (χ2v) is 9.47. The Morgan fingerprint density at radius 2 is 1.71 bits per heavy atom. The molecule has 1 aromatic carbocycles. The highest BCUT2D eigenvalue weighted by Crippen LogP contribution is 2.34. The van der Waals surface area contributed by atoms with E-state index < -0.39 is 0 Å². The zero-order valence-electron chi connectivity index (χ0n) is 18.7. The molecule has 0 unspecified atom stereocenters. The van der Waals surface area contributed by atoms with Gasteiger partial charge in [-0.25, -0.2) is 0 Å². The molecule has 0 atom stereocenters. The molecule has 1 saturated heterocycles. The molecule has 0 radical (unpaired) electrons. The quantitative estimate of drug-likeness (QED) is 0.721. The van der Waals surface area contributed by atoms with Crippen LogP contribution in [0.1, 0.15) is 74.6 Å². The van der Waals surface area contributed by atoms with E-state index >= 15 is 0 Å². The maximum atomic E-state index is 13.0. The minimum atomic E-state index is -0.0630. The molecule has 6 heteroatoms. The topological polar surface area (TPSA) is 70.7 Å². The lowest BCUT2D eigenvalue weighted by molar-refractivity contribution is -0.120. The SMILES string of the molecule is O=C(NCC1(N2CCOCC2)CCCCC1)c1cccc(NC(=O)C2CCCCC2)c1. The van der Waals surface area contributed by atoms with Crippen LogP contribution in [0.15, 0.2) is 24.3 Å². The van der Waals surface area contributed by atoms with E-state index in [1.807, 2.05) is 18.2 Å². The van der Waals surface area contributed by atoms with E-state index in [0.29, 0.717) is 17.8 Å². The van der Waals surface area contributed by atoms with Gasteiger partial charge in [0.15, 0.2) is 0 Å². The number of rotatable bonds is 6. The van der Waals surface area contributed by atoms with Crippen LogP contribution in [0, 0.1) is 5.92 Å². The van der Waals surface area contributed by atoms with Gasteiger partial charge in [-0.15, -0.1) is 0 Å². The van der Waals surface area contributed by atoms with Crippen LogP contribution in [-0.4, -0.2) is 55.1 Å². The smallest absolute Gasteiger partial charge is 0.251 e. The number of nitrogens with zero attached hydrogens (tertiary/aromatic N) is 1. The first-order valence-electron chi connectivity index (χ1n) is 12.2. The van der Waals surface area contributed by atoms with Crippen LogP contribution in [0.25, 0.3) is 0 Å². The molecule has 0 spiro atoms. The van der Waals surface area contributed by atoms with Crippen molar-refractivity contribution in [2.45, 2.75) is 69.7 Å². The van der Waals surface area contributed by atoms with Crippen LogP contribution in [0.4, 0.5) is 5.69 Å². The number of carbonyl (C=O) groups excluding carboxylic acids is 2. The number of nitrogens with one attached hydrogen (secondary N) is 2. The Hall–Kier alpha value is -1.92. The van der Waals surface area contributed by atoms with Crippen molar-refractivity contribution in [1.29, 1.82) is 0 Å². The predicted molar refractivity (Wildman–Crippen MR) is 122 cm³/mol. The minimum Gasteiger partial charge on any atom is -0.379 e. The van der Waals surface area contributed by atoms with Gasteiger partial charge in [0.1, 0.15) is 0 Å². The van der Waals surface area contributed by atoms with Gasteiger partial charge in [-0.05, 0) is 43.9 Å². The number of ether oxygens (including phenoxy) is 1. The fraction of sp³-hybridized carbons (Fsp3) is 0.680. The van der Waals surface area contributed by atoms with Crippen molar-refractivity contribution in [3.8, 4) is 0 Å². The largest absolute Gasteiger partial charge is 0.379 e. The van der Waals surface area contributed by atoms with Crippen LogP contribution in [0.5, 0.6) is 0 Å². The van der Waals surface area contributed by atoms with E-state index in [9.17, 15) is 9.59 Å². The first kappa shape index (κ1) is 22.3. The molecular weight excluding hydrogens is 390 g/mol. The lowest BCUT2D eigenvalue weighted by atomic mass is 9.79. The summed E-state index contributed by atoms with van der Waals surface area (Å²) in [5, 5.41) is 6.25. The lowest BCUT2D eigenvalue weighted by Crippen LogP contribution is -2.59. The average Bonchev–Trinajstić information content (AvgIpc) is 2.84. The third-order valence-corrected chi connectivity index (χ3v) is 7.41. The molecule has 4 rings (SSSR count). The number of hydrogen-bond acceptors (Lipinski definition) is 4. The molecule has 0 bridgehead atoms. The highest BCUT2D eigenvalue weighted by molar-refractivity contribution is 5.97. The number of morpholine rings is 1. The van der Waals surface area contributed by atoms with Crippen LogP contribution < -0.4 is 10.6 Å². The summed E-state index contributed by atoms with van der Waals surface area (Å²) >= 11 is 0. The molecule has 6 nitrogen and oxygen atoms in total. The van der Waals surface area contributed by atoms with Gasteiger partial charge >= 0.3 is 0 Å². The Labute approximate surface area is 186 Å². The van der Waals surface area contributed by atoms with Crippen molar-refractivity contribution < 1.29 is 14.3 Å². The Morgan fingerprint density at radius 3 is 2.45 bits per heavy atom. The zero-order valence-corrected chi connectivity index (χ0v) is 18.7. The Bertz CT molecular complexity index is 748. The number of carbonyl (C=O) groups is 2. The fourth-order valence-corrected chi connectivity index (χ4v) is 5.55. The molecule has 1 aromatic rings. The molecule has 2 N–H and O–H groups in total. The van der Waals surface area contributed by atoms with E-state index in [2.05, 4.69) is 15.5 Å². The summed E-state index contributed by atoms with van der Waals surface area (Å²) in [6.45, 7) is 4.11. The zero-order chi connectivity index (χ0) is 21.5. The Balaban J connectivity index is 1.37. The average molecular weight is 428 g/mol. The van der Waals surface area contributed by atoms with Crippen LogP contribution in [-0.2, 0) is 9.53 Å². The number of amides is 2. The highest BCUT2D eigenvalue weighted by atomic mass is 16.5. The van der Waals surface area contributed by atoms with Crippen molar-refractivity contribution in [1.82, 2.24) is 10.2 Å². The third-order valence-electron chi connectivity index (χ3n) is 7.41. The van der Waals surface area contributed by atoms with Gasteiger partial charge in [0.25, 0.3) is 5.91 Å². The maximum absolute atomic E-state index is 13.0. The summed E-state index contributed by atoms with van der Waals surface area (Å²) in [5.41, 5.74) is 1.36. The molecule has 170 valence electrons. The first-order valence-corrected chi connectivity index (χ1v) is 12.2. The summed E-state index contributed by atoms with van der Waals surface area (Å²) in [7, 11) is 0. The monoisotopic (exact) mass is 427 g/mol. The van der Waals surface area contributed by atoms with Gasteiger partial charge in [-0.2, -0.15) is 0 Å². The van der Waals surface area contributed by atoms with Gasteiger partial charge in [-0.1, -0.05) is 44.6 Å². The Morgan fingerprint density at radius 1 is 1.00 bits per heavy atom. The summed E-state index contributed by atoms with van der Waals surface area (Å²) in [6, 6.07) is 7.35. The third kappa shape index (κ3) is 5.66. The summed E-state index contributed by atoms with van der Waals surface area (Å²) in [5.74, 6) is 0.128. The molecule has 31 heavy (non-hydrogen) atoms. The van der Waals surface area contributed by atoms with E-state index in [4.69, 9.17) is 4.74 Å². The molecule has 3 aliphatic rings. The van der Waals surface area contributed by atoms with Crippen molar-refractivity contribution >= 4 is 17.5 Å². The summed E-state index contributed by atoms with van der Waals surface area (Å²) in [6.07, 6.45) is 11.4. The standard InChI is InChI=1S/C25H37N3O3/c29-23(26-19-25(12-5-2-6-13-25)28-14-16-31-17-15-28)21-10-7-11-22(18-21)27-24(30)20-8-3-1-4-9-20/h7,10-11,18,20H,1-6,8-9,12-17,19H2,(H,26,29)(H,27,30). The minimum absolute atomic E-state index is 0.0461. The van der Waals surface area contributed by atoms with Gasteiger partial charge in [0.05, 0.1) is 13.2 Å². The molecule has 2 saturated carbocycles. The van der Waals surface area contributed by atoms with Gasteiger partial charge in [0.2, 0.25) is 5.91 Å². The normalized spacial score (nSPS) is 22.6. The van der Waals surface area contributed by atoms with Crippen molar-refractivity contribution in [3.63, 3.8) is 0 Å². The summed E-state index contributed by atoms with van der Waals surface area (Å²) < 4.78 is 5.56. The number of anilines is 1. The number of hydrogen-bond donors (Lipinski definition) is 2. The van der Waals surface area contributed by atoms with Crippen molar-refractivity contribution in [2.75, 3.05) is 38.2 Å². The molecule has 3 fully saturated rings. The first-order chi connectivity index (χ1) is 15.2.